The molecule has 1 atom stereocenters. The van der Waals surface area contributed by atoms with Crippen molar-refractivity contribution in [1.29, 1.82) is 0 Å². The van der Waals surface area contributed by atoms with E-state index in [-0.39, 0.29) is 27.2 Å². The second-order valence-electron chi connectivity index (χ2n) is 8.20. The minimum Gasteiger partial charge on any atom is -0.479 e. The molecule has 2 N–H and O–H groups in total. The number of carboxylic acid groups (broad SMARTS) is 1. The first-order chi connectivity index (χ1) is 18.3. The van der Waals surface area contributed by atoms with Gasteiger partial charge in [-0.1, -0.05) is 24.3 Å². The summed E-state index contributed by atoms with van der Waals surface area (Å²) < 4.78 is 82.6. The lowest BCUT2D eigenvalue weighted by molar-refractivity contribution is -0.141. The van der Waals surface area contributed by atoms with Crippen LogP contribution in [0.3, 0.4) is 0 Å². The predicted octanol–water partition coefficient (Wildman–Crippen LogP) is 3.55. The van der Waals surface area contributed by atoms with E-state index in [9.17, 15) is 40.3 Å². The summed E-state index contributed by atoms with van der Waals surface area (Å²) in [6, 6.07) is 11.1. The monoisotopic (exact) mass is 575 g/mol. The summed E-state index contributed by atoms with van der Waals surface area (Å²) in [6.07, 6.45) is 0.908. The first kappa shape index (κ1) is 27.6. The van der Waals surface area contributed by atoms with E-state index in [1.54, 1.807) is 0 Å². The molecule has 4 rings (SSSR count). The van der Waals surface area contributed by atoms with Gasteiger partial charge in [0.1, 0.15) is 17.5 Å². The number of sulfonamides is 2. The van der Waals surface area contributed by atoms with Crippen LogP contribution in [0.4, 0.5) is 20.3 Å². The number of halogens is 2. The highest BCUT2D eigenvalue weighted by Crippen LogP contribution is 2.36. The molecular formula is C25H19F2N3O7S2. The lowest BCUT2D eigenvalue weighted by atomic mass is 10.1. The highest BCUT2D eigenvalue weighted by Gasteiger charge is 2.40. The zero-order valence-corrected chi connectivity index (χ0v) is 21.6. The Kier molecular flexibility index (Phi) is 7.35. The second kappa shape index (κ2) is 10.4. The highest BCUT2D eigenvalue weighted by molar-refractivity contribution is 7.93. The van der Waals surface area contributed by atoms with Crippen molar-refractivity contribution in [2.24, 2.45) is 0 Å². The van der Waals surface area contributed by atoms with Gasteiger partial charge < -0.3 is 5.11 Å². The van der Waals surface area contributed by atoms with Crippen LogP contribution in [0.15, 0.2) is 88.8 Å². The number of fused-ring (bicyclic) bond motifs is 1. The lowest BCUT2D eigenvalue weighted by Crippen LogP contribution is -2.49. The summed E-state index contributed by atoms with van der Waals surface area (Å²) in [7, 11) is -9.06. The maximum Gasteiger partial charge on any atom is 0.335 e. The van der Waals surface area contributed by atoms with E-state index in [0.717, 1.165) is 61.7 Å². The average Bonchev–Trinajstić information content (AvgIpc) is 2.87. The number of aromatic nitrogens is 1. The molecule has 1 heterocycles. The van der Waals surface area contributed by atoms with E-state index in [1.807, 2.05) is 0 Å². The number of anilines is 2. The Balaban J connectivity index is 1.93. The zero-order valence-electron chi connectivity index (χ0n) is 19.9. The zero-order chi connectivity index (χ0) is 28.5. The Morgan fingerprint density at radius 1 is 0.846 bits per heavy atom. The van der Waals surface area contributed by atoms with Gasteiger partial charge in [0.05, 0.1) is 21.7 Å². The van der Waals surface area contributed by atoms with Crippen LogP contribution >= 0.6 is 0 Å². The highest BCUT2D eigenvalue weighted by atomic mass is 32.2. The molecule has 0 aliphatic rings. The number of nitrogens with zero attached hydrogens (tertiary/aromatic N) is 2. The molecule has 1 unspecified atom stereocenters. The fourth-order valence-corrected chi connectivity index (χ4v) is 6.46. The van der Waals surface area contributed by atoms with Crippen molar-refractivity contribution in [2.45, 2.75) is 22.8 Å². The van der Waals surface area contributed by atoms with E-state index in [0.29, 0.717) is 4.31 Å². The van der Waals surface area contributed by atoms with Crippen molar-refractivity contribution < 1.29 is 40.3 Å². The normalized spacial score (nSPS) is 12.6. The molecule has 4 aromatic rings. The van der Waals surface area contributed by atoms with Gasteiger partial charge in [-0.05, 0) is 55.5 Å². The standard InChI is InChI=1S/C25H19F2N3O7S2/c1-15(31)23(25(32)33)30(39(36,37)19-12-8-17(27)9-13-19)22-14-28-24(21-5-3-2-4-20(21)22)29-38(34,35)18-10-6-16(26)7-11-18/h2-14,23H,1H3,(H,28,29)(H,32,33). The number of nitrogens with one attached hydrogen (secondary N) is 1. The molecule has 0 aliphatic heterocycles. The van der Waals surface area contributed by atoms with E-state index in [1.165, 1.54) is 24.3 Å². The van der Waals surface area contributed by atoms with Crippen molar-refractivity contribution in [3.8, 4) is 0 Å². The third-order valence-electron chi connectivity index (χ3n) is 5.59. The second-order valence-corrected chi connectivity index (χ2v) is 11.7. The van der Waals surface area contributed by atoms with Crippen LogP contribution in [-0.2, 0) is 29.6 Å². The molecule has 202 valence electrons. The first-order valence-electron chi connectivity index (χ1n) is 11.0. The number of Topliss-reactive ketones (excluding diaryl/α,β-unsaturated/α-hetero) is 1. The Morgan fingerprint density at radius 2 is 1.36 bits per heavy atom. The van der Waals surface area contributed by atoms with Gasteiger partial charge >= 0.3 is 5.97 Å². The number of hydrogen-bond acceptors (Lipinski definition) is 7. The summed E-state index contributed by atoms with van der Waals surface area (Å²) >= 11 is 0. The SMILES string of the molecule is CC(=O)C(C(=O)O)N(c1cnc(NS(=O)(=O)c2ccc(F)cc2)c2ccccc12)S(=O)(=O)c1ccc(F)cc1. The molecule has 0 radical (unpaired) electrons. The van der Waals surface area contributed by atoms with Crippen LogP contribution < -0.4 is 9.03 Å². The van der Waals surface area contributed by atoms with E-state index in [4.69, 9.17) is 0 Å². The summed E-state index contributed by atoms with van der Waals surface area (Å²) in [5.74, 6) is -4.45. The van der Waals surface area contributed by atoms with Gasteiger partial charge in [0.25, 0.3) is 20.0 Å². The molecule has 14 heteroatoms. The fourth-order valence-electron chi connectivity index (χ4n) is 3.80. The largest absolute Gasteiger partial charge is 0.479 e. The number of rotatable bonds is 9. The number of carbonyl (C=O) groups is 2. The Morgan fingerprint density at radius 3 is 1.87 bits per heavy atom. The predicted molar refractivity (Wildman–Crippen MR) is 137 cm³/mol. The topological polar surface area (TPSA) is 151 Å². The summed E-state index contributed by atoms with van der Waals surface area (Å²) in [5.41, 5.74) is -0.345. The van der Waals surface area contributed by atoms with E-state index >= 15 is 0 Å². The molecule has 0 amide bonds. The van der Waals surface area contributed by atoms with E-state index < -0.39 is 54.4 Å². The Labute approximate surface area is 221 Å². The van der Waals surface area contributed by atoms with Gasteiger partial charge in [-0.3, -0.25) is 9.52 Å². The van der Waals surface area contributed by atoms with Gasteiger partial charge in [-0.15, -0.1) is 0 Å². The molecule has 0 bridgehead atoms. The van der Waals surface area contributed by atoms with Crippen LogP contribution in [0, 0.1) is 11.6 Å². The summed E-state index contributed by atoms with van der Waals surface area (Å²) in [4.78, 5) is 27.8. The average molecular weight is 576 g/mol. The third-order valence-corrected chi connectivity index (χ3v) is 8.74. The molecule has 3 aromatic carbocycles. The Bertz CT molecular complexity index is 1780. The molecule has 39 heavy (non-hydrogen) atoms. The Hall–Kier alpha value is -4.43. The molecule has 0 saturated heterocycles. The van der Waals surface area contributed by atoms with Crippen LogP contribution in [-0.4, -0.2) is 44.7 Å². The number of carbonyl (C=O) groups excluding carboxylic acids is 1. The van der Waals surface area contributed by atoms with E-state index in [2.05, 4.69) is 9.71 Å². The number of aliphatic carboxylic acids is 1. The molecule has 0 fully saturated rings. The van der Waals surface area contributed by atoms with Crippen molar-refractivity contribution in [2.75, 3.05) is 9.03 Å². The summed E-state index contributed by atoms with van der Waals surface area (Å²) in [5, 5.41) is 9.92. The van der Waals surface area contributed by atoms with Gasteiger partial charge in [-0.2, -0.15) is 0 Å². The summed E-state index contributed by atoms with van der Waals surface area (Å²) in [6.45, 7) is 0.896. The van der Waals surface area contributed by atoms with Crippen LogP contribution in [0.1, 0.15) is 6.92 Å². The minimum absolute atomic E-state index is 0.0301. The molecule has 10 nitrogen and oxygen atoms in total. The van der Waals surface area contributed by atoms with Gasteiger partial charge in [0, 0.05) is 10.8 Å². The molecular weight excluding hydrogens is 556 g/mol. The van der Waals surface area contributed by atoms with Crippen molar-refractivity contribution in [3.63, 3.8) is 0 Å². The molecule has 0 aliphatic carbocycles. The molecule has 1 aromatic heterocycles. The lowest BCUT2D eigenvalue weighted by Gasteiger charge is -2.29. The van der Waals surface area contributed by atoms with Crippen LogP contribution in [0.2, 0.25) is 0 Å². The van der Waals surface area contributed by atoms with Gasteiger partial charge in [-0.25, -0.2) is 39.7 Å². The first-order valence-corrected chi connectivity index (χ1v) is 13.9. The van der Waals surface area contributed by atoms with Crippen LogP contribution in [0.5, 0.6) is 0 Å². The van der Waals surface area contributed by atoms with Crippen molar-refractivity contribution >= 4 is 54.1 Å². The maximum atomic E-state index is 13.7. The number of carboxylic acids is 1. The fraction of sp³-hybridized carbons (Fsp3) is 0.0800. The maximum absolute atomic E-state index is 13.7. The van der Waals surface area contributed by atoms with Gasteiger partial charge in [0.2, 0.25) is 0 Å². The smallest absolute Gasteiger partial charge is 0.335 e. The third kappa shape index (κ3) is 5.42. The number of ketones is 1. The molecule has 0 saturated carbocycles. The van der Waals surface area contributed by atoms with Gasteiger partial charge in [0.15, 0.2) is 11.8 Å². The minimum atomic E-state index is -4.80. The van der Waals surface area contributed by atoms with Crippen molar-refractivity contribution in [1.82, 2.24) is 4.98 Å². The number of benzene rings is 3. The van der Waals surface area contributed by atoms with Crippen LogP contribution in [0.25, 0.3) is 10.8 Å². The number of hydrogen-bond donors (Lipinski definition) is 2. The quantitative estimate of drug-likeness (QED) is 0.288. The van der Waals surface area contributed by atoms with Crippen molar-refractivity contribution in [3.05, 3.63) is 90.6 Å². The number of pyridine rings is 1. The molecule has 0 spiro atoms.